The fourth-order valence-electron chi connectivity index (χ4n) is 1.88. The van der Waals surface area contributed by atoms with Crippen LogP contribution in [0.4, 0.5) is 4.79 Å². The van der Waals surface area contributed by atoms with Crippen LogP contribution in [-0.2, 0) is 11.3 Å². The highest BCUT2D eigenvalue weighted by Gasteiger charge is 2.16. The number of carboxylic acids is 1. The molecule has 1 heterocycles. The monoisotopic (exact) mass is 292 g/mol. The molecule has 2 rings (SSSR count). The molecule has 0 saturated heterocycles. The van der Waals surface area contributed by atoms with E-state index in [2.05, 4.69) is 11.9 Å². The number of ether oxygens (including phenoxy) is 2. The summed E-state index contributed by atoms with van der Waals surface area (Å²) in [5, 5.41) is 11.4. The fraction of sp³-hybridized carbons (Fsp3) is 0.286. The van der Waals surface area contributed by atoms with Gasteiger partial charge < -0.3 is 24.8 Å². The lowest BCUT2D eigenvalue weighted by atomic mass is 10.2. The van der Waals surface area contributed by atoms with Crippen molar-refractivity contribution >= 4 is 12.0 Å². The van der Waals surface area contributed by atoms with Crippen molar-refractivity contribution in [1.82, 2.24) is 10.2 Å². The Morgan fingerprint density at radius 2 is 2.14 bits per heavy atom. The maximum absolute atomic E-state index is 11.9. The largest absolute Gasteiger partial charge is 0.480 e. The molecule has 1 aromatic carbocycles. The molecule has 7 heteroatoms. The van der Waals surface area contributed by atoms with Crippen molar-refractivity contribution in [3.63, 3.8) is 0 Å². The number of nitrogens with one attached hydrogen (secondary N) is 1. The first-order valence-corrected chi connectivity index (χ1v) is 6.34. The van der Waals surface area contributed by atoms with E-state index >= 15 is 0 Å². The molecule has 0 atom stereocenters. The number of nitrogens with zero attached hydrogens (tertiary/aromatic N) is 1. The maximum Gasteiger partial charge on any atom is 0.323 e. The molecule has 0 aromatic heterocycles. The van der Waals surface area contributed by atoms with E-state index in [0.29, 0.717) is 11.5 Å². The SMILES string of the molecule is C=CCN(CC(=O)O)C(=O)NCc1ccc2c(c1)OCO2. The Hall–Kier alpha value is -2.70. The highest BCUT2D eigenvalue weighted by Crippen LogP contribution is 2.32. The number of urea groups is 1. The zero-order valence-corrected chi connectivity index (χ0v) is 11.4. The van der Waals surface area contributed by atoms with Crippen molar-refractivity contribution in [3.05, 3.63) is 36.4 Å². The van der Waals surface area contributed by atoms with Crippen molar-refractivity contribution in [2.24, 2.45) is 0 Å². The van der Waals surface area contributed by atoms with Crippen LogP contribution in [0.2, 0.25) is 0 Å². The number of amides is 2. The lowest BCUT2D eigenvalue weighted by Gasteiger charge is -2.19. The third kappa shape index (κ3) is 3.88. The summed E-state index contributed by atoms with van der Waals surface area (Å²) >= 11 is 0. The van der Waals surface area contributed by atoms with E-state index in [1.165, 1.54) is 6.08 Å². The Bertz CT molecular complexity index is 558. The van der Waals surface area contributed by atoms with E-state index in [1.807, 2.05) is 6.07 Å². The molecule has 7 nitrogen and oxygen atoms in total. The van der Waals surface area contributed by atoms with Gasteiger partial charge in [0.15, 0.2) is 11.5 Å². The molecule has 0 spiro atoms. The van der Waals surface area contributed by atoms with Gasteiger partial charge in [0.05, 0.1) is 0 Å². The summed E-state index contributed by atoms with van der Waals surface area (Å²) < 4.78 is 10.4. The summed E-state index contributed by atoms with van der Waals surface area (Å²) in [6.07, 6.45) is 1.48. The van der Waals surface area contributed by atoms with E-state index < -0.39 is 12.0 Å². The number of carboxylic acid groups (broad SMARTS) is 1. The minimum Gasteiger partial charge on any atom is -0.480 e. The number of rotatable bonds is 6. The Morgan fingerprint density at radius 1 is 1.38 bits per heavy atom. The van der Waals surface area contributed by atoms with Crippen LogP contribution in [0, 0.1) is 0 Å². The molecule has 21 heavy (non-hydrogen) atoms. The highest BCUT2D eigenvalue weighted by atomic mass is 16.7. The standard InChI is InChI=1S/C14H16N2O5/c1-2-5-16(8-13(17)18)14(19)15-7-10-3-4-11-12(6-10)21-9-20-11/h2-4,6H,1,5,7-9H2,(H,15,19)(H,17,18). The van der Waals surface area contributed by atoms with Crippen LogP contribution < -0.4 is 14.8 Å². The summed E-state index contributed by atoms with van der Waals surface area (Å²) in [6, 6.07) is 4.89. The topological polar surface area (TPSA) is 88.1 Å². The molecule has 0 bridgehead atoms. The second-order valence-electron chi connectivity index (χ2n) is 4.41. The van der Waals surface area contributed by atoms with Gasteiger partial charge in [-0.05, 0) is 17.7 Å². The van der Waals surface area contributed by atoms with E-state index in [4.69, 9.17) is 14.6 Å². The number of fused-ring (bicyclic) bond motifs is 1. The van der Waals surface area contributed by atoms with Crippen LogP contribution in [0.15, 0.2) is 30.9 Å². The van der Waals surface area contributed by atoms with E-state index in [-0.39, 0.29) is 26.4 Å². The Labute approximate surface area is 121 Å². The Kier molecular flexibility index (Phi) is 4.65. The number of benzene rings is 1. The summed E-state index contributed by atoms with van der Waals surface area (Å²) in [7, 11) is 0. The van der Waals surface area contributed by atoms with Gasteiger partial charge in [0, 0.05) is 13.1 Å². The smallest absolute Gasteiger partial charge is 0.323 e. The number of aliphatic carboxylic acids is 1. The highest BCUT2D eigenvalue weighted by molar-refractivity contribution is 5.80. The molecule has 2 N–H and O–H groups in total. The molecule has 0 unspecified atom stereocenters. The molecule has 0 fully saturated rings. The summed E-state index contributed by atoms with van der Waals surface area (Å²) in [5.74, 6) is 0.231. The molecule has 1 aromatic rings. The van der Waals surface area contributed by atoms with Gasteiger partial charge in [-0.25, -0.2) is 4.79 Å². The summed E-state index contributed by atoms with van der Waals surface area (Å²) in [5.41, 5.74) is 0.835. The van der Waals surface area contributed by atoms with E-state index in [9.17, 15) is 9.59 Å². The average Bonchev–Trinajstić information content (AvgIpc) is 2.91. The molecule has 1 aliphatic rings. The molecule has 0 aliphatic carbocycles. The average molecular weight is 292 g/mol. The molecule has 0 radical (unpaired) electrons. The Balaban J connectivity index is 1.93. The van der Waals surface area contributed by atoms with Crippen LogP contribution in [0.3, 0.4) is 0 Å². The van der Waals surface area contributed by atoms with Gasteiger partial charge in [-0.15, -0.1) is 6.58 Å². The van der Waals surface area contributed by atoms with Crippen molar-refractivity contribution in [2.45, 2.75) is 6.54 Å². The molecule has 112 valence electrons. The van der Waals surface area contributed by atoms with Crippen LogP contribution >= 0.6 is 0 Å². The summed E-state index contributed by atoms with van der Waals surface area (Å²) in [4.78, 5) is 23.8. The lowest BCUT2D eigenvalue weighted by molar-refractivity contribution is -0.137. The van der Waals surface area contributed by atoms with E-state index in [0.717, 1.165) is 10.5 Å². The van der Waals surface area contributed by atoms with Gasteiger partial charge in [-0.3, -0.25) is 4.79 Å². The van der Waals surface area contributed by atoms with Gasteiger partial charge in [0.1, 0.15) is 6.54 Å². The second kappa shape index (κ2) is 6.65. The van der Waals surface area contributed by atoms with Crippen molar-refractivity contribution in [3.8, 4) is 11.5 Å². The van der Waals surface area contributed by atoms with Crippen molar-refractivity contribution < 1.29 is 24.2 Å². The first kappa shape index (κ1) is 14.7. The molecular weight excluding hydrogens is 276 g/mol. The predicted molar refractivity (Wildman–Crippen MR) is 74.2 cm³/mol. The Morgan fingerprint density at radius 3 is 2.86 bits per heavy atom. The number of carbonyl (C=O) groups excluding carboxylic acids is 1. The number of hydrogen-bond donors (Lipinski definition) is 2. The third-order valence-corrected chi connectivity index (χ3v) is 2.84. The molecular formula is C14H16N2O5. The second-order valence-corrected chi connectivity index (χ2v) is 4.41. The van der Waals surface area contributed by atoms with Gasteiger partial charge in [-0.1, -0.05) is 12.1 Å². The normalized spacial score (nSPS) is 11.8. The fourth-order valence-corrected chi connectivity index (χ4v) is 1.88. The molecule has 2 amide bonds. The zero-order valence-electron chi connectivity index (χ0n) is 11.4. The van der Waals surface area contributed by atoms with Crippen molar-refractivity contribution in [2.75, 3.05) is 19.9 Å². The van der Waals surface area contributed by atoms with Gasteiger partial charge in [0.25, 0.3) is 0 Å². The number of carbonyl (C=O) groups is 2. The van der Waals surface area contributed by atoms with Crippen LogP contribution in [-0.4, -0.2) is 41.9 Å². The van der Waals surface area contributed by atoms with E-state index in [1.54, 1.807) is 12.1 Å². The maximum atomic E-state index is 11.9. The number of hydrogen-bond acceptors (Lipinski definition) is 4. The molecule has 1 aliphatic heterocycles. The lowest BCUT2D eigenvalue weighted by Crippen LogP contribution is -2.42. The summed E-state index contributed by atoms with van der Waals surface area (Å²) in [6.45, 7) is 3.75. The molecule has 0 saturated carbocycles. The quantitative estimate of drug-likeness (QED) is 0.769. The van der Waals surface area contributed by atoms with Gasteiger partial charge >= 0.3 is 12.0 Å². The first-order chi connectivity index (χ1) is 10.1. The minimum absolute atomic E-state index is 0.166. The third-order valence-electron chi connectivity index (χ3n) is 2.84. The van der Waals surface area contributed by atoms with Crippen LogP contribution in [0.1, 0.15) is 5.56 Å². The van der Waals surface area contributed by atoms with Crippen LogP contribution in [0.5, 0.6) is 11.5 Å². The van der Waals surface area contributed by atoms with Crippen LogP contribution in [0.25, 0.3) is 0 Å². The minimum atomic E-state index is -1.07. The van der Waals surface area contributed by atoms with Gasteiger partial charge in [0.2, 0.25) is 6.79 Å². The predicted octanol–water partition coefficient (Wildman–Crippen LogP) is 1.20. The first-order valence-electron chi connectivity index (χ1n) is 6.34. The zero-order chi connectivity index (χ0) is 15.2. The van der Waals surface area contributed by atoms with Crippen molar-refractivity contribution in [1.29, 1.82) is 0 Å². The van der Waals surface area contributed by atoms with Gasteiger partial charge in [-0.2, -0.15) is 0 Å².